The highest BCUT2D eigenvalue weighted by Gasteiger charge is 2.34. The molecule has 2 fully saturated rings. The highest BCUT2D eigenvalue weighted by Crippen LogP contribution is 2.29. The number of hydrogen-bond acceptors (Lipinski definition) is 6. The molecule has 1 aromatic carbocycles. The van der Waals surface area contributed by atoms with Gasteiger partial charge in [-0.2, -0.15) is 4.98 Å². The van der Waals surface area contributed by atoms with E-state index in [-0.39, 0.29) is 12.4 Å². The number of hydrogen-bond donors (Lipinski definition) is 2. The summed E-state index contributed by atoms with van der Waals surface area (Å²) in [5.41, 5.74) is 0.875. The molecule has 1 aromatic heterocycles. The molecule has 148 valence electrons. The number of ether oxygens (including phenoxy) is 1. The van der Waals surface area contributed by atoms with Gasteiger partial charge in [0.25, 0.3) is 0 Å². The molecule has 0 bridgehead atoms. The molecule has 1 aliphatic heterocycles. The third-order valence-corrected chi connectivity index (χ3v) is 5.57. The van der Waals surface area contributed by atoms with Crippen LogP contribution in [0.4, 0.5) is 0 Å². The van der Waals surface area contributed by atoms with E-state index in [0.717, 1.165) is 38.3 Å². The first-order chi connectivity index (χ1) is 12.8. The lowest BCUT2D eigenvalue weighted by molar-refractivity contribution is 0.0525. The van der Waals surface area contributed by atoms with Crippen molar-refractivity contribution in [2.24, 2.45) is 5.92 Å². The second-order valence-corrected chi connectivity index (χ2v) is 7.50. The van der Waals surface area contributed by atoms with Crippen molar-refractivity contribution in [3.05, 3.63) is 35.2 Å². The Kier molecular flexibility index (Phi) is 7.49. The topological polar surface area (TPSA) is 72.2 Å². The molecule has 6 nitrogen and oxygen atoms in total. The van der Waals surface area contributed by atoms with Crippen LogP contribution in [0.2, 0.25) is 5.02 Å². The van der Waals surface area contributed by atoms with Gasteiger partial charge >= 0.3 is 0 Å². The molecule has 0 radical (unpaired) electrons. The minimum atomic E-state index is 0. The number of morpholine rings is 1. The van der Waals surface area contributed by atoms with Gasteiger partial charge in [-0.25, -0.2) is 0 Å². The summed E-state index contributed by atoms with van der Waals surface area (Å²) in [6.45, 7) is 3.46. The summed E-state index contributed by atoms with van der Waals surface area (Å²) in [4.78, 5) is 4.49. The summed E-state index contributed by atoms with van der Waals surface area (Å²) >= 11 is 6.03. The van der Waals surface area contributed by atoms with Crippen LogP contribution in [0, 0.1) is 5.92 Å². The van der Waals surface area contributed by atoms with Crippen LogP contribution in [0.1, 0.15) is 25.2 Å². The van der Waals surface area contributed by atoms with Crippen molar-refractivity contribution in [3.8, 4) is 11.4 Å². The average molecular weight is 413 g/mol. The van der Waals surface area contributed by atoms with Crippen molar-refractivity contribution in [1.82, 2.24) is 20.8 Å². The number of nitrogens with zero attached hydrogens (tertiary/aromatic N) is 2. The normalized spacial score (nSPS) is 25.3. The maximum atomic E-state index is 6.03. The minimum absolute atomic E-state index is 0. The molecule has 1 saturated heterocycles. The van der Waals surface area contributed by atoms with E-state index in [9.17, 15) is 0 Å². The lowest BCUT2D eigenvalue weighted by Crippen LogP contribution is -2.51. The van der Waals surface area contributed by atoms with Crippen LogP contribution in [0.15, 0.2) is 28.8 Å². The second kappa shape index (κ2) is 9.85. The van der Waals surface area contributed by atoms with Crippen LogP contribution in [-0.2, 0) is 11.2 Å². The smallest absolute Gasteiger partial charge is 0.228 e. The second-order valence-electron chi connectivity index (χ2n) is 7.06. The van der Waals surface area contributed by atoms with E-state index in [1.54, 1.807) is 0 Å². The van der Waals surface area contributed by atoms with Gasteiger partial charge in [0.05, 0.1) is 13.2 Å². The number of rotatable bonds is 6. The van der Waals surface area contributed by atoms with E-state index in [0.29, 0.717) is 34.7 Å². The van der Waals surface area contributed by atoms with Gasteiger partial charge in [-0.05, 0) is 30.9 Å². The summed E-state index contributed by atoms with van der Waals surface area (Å²) in [6.07, 6.45) is 4.49. The van der Waals surface area contributed by atoms with E-state index < -0.39 is 0 Å². The highest BCUT2D eigenvalue weighted by molar-refractivity contribution is 6.30. The fraction of sp³-hybridized carbons (Fsp3) is 0.579. The van der Waals surface area contributed by atoms with Crippen LogP contribution in [0.5, 0.6) is 0 Å². The average Bonchev–Trinajstić information content (AvgIpc) is 3.32. The van der Waals surface area contributed by atoms with E-state index >= 15 is 0 Å². The quantitative estimate of drug-likeness (QED) is 0.759. The Hall–Kier alpha value is -1.18. The Morgan fingerprint density at radius 1 is 1.30 bits per heavy atom. The van der Waals surface area contributed by atoms with Gasteiger partial charge in [0, 0.05) is 42.2 Å². The lowest BCUT2D eigenvalue weighted by Gasteiger charge is -2.33. The molecule has 3 unspecified atom stereocenters. The lowest BCUT2D eigenvalue weighted by atomic mass is 9.94. The van der Waals surface area contributed by atoms with Crippen LogP contribution in [0.25, 0.3) is 11.4 Å². The van der Waals surface area contributed by atoms with Gasteiger partial charge in [0.15, 0.2) is 0 Å². The molecule has 2 heterocycles. The van der Waals surface area contributed by atoms with Crippen LogP contribution >= 0.6 is 24.0 Å². The molecule has 2 aliphatic rings. The van der Waals surface area contributed by atoms with Gasteiger partial charge in [-0.1, -0.05) is 35.3 Å². The Bertz CT molecular complexity index is 721. The largest absolute Gasteiger partial charge is 0.379 e. The monoisotopic (exact) mass is 412 g/mol. The zero-order valence-electron chi connectivity index (χ0n) is 15.2. The number of nitrogens with one attached hydrogen (secondary N) is 2. The Morgan fingerprint density at radius 2 is 2.22 bits per heavy atom. The Labute approximate surface area is 170 Å². The fourth-order valence-electron chi connectivity index (χ4n) is 4.05. The van der Waals surface area contributed by atoms with Gasteiger partial charge in [-0.3, -0.25) is 0 Å². The molecule has 3 atom stereocenters. The predicted molar refractivity (Wildman–Crippen MR) is 107 cm³/mol. The zero-order valence-corrected chi connectivity index (χ0v) is 16.8. The summed E-state index contributed by atoms with van der Waals surface area (Å²) < 4.78 is 11.0. The molecular formula is C19H26Cl2N4O2. The van der Waals surface area contributed by atoms with Crippen molar-refractivity contribution in [3.63, 3.8) is 0 Å². The molecule has 0 amide bonds. The van der Waals surface area contributed by atoms with Crippen molar-refractivity contribution < 1.29 is 9.26 Å². The van der Waals surface area contributed by atoms with E-state index in [1.807, 2.05) is 24.3 Å². The molecule has 2 N–H and O–H groups in total. The molecule has 4 rings (SSSR count). The van der Waals surface area contributed by atoms with Crippen LogP contribution < -0.4 is 10.6 Å². The Balaban J connectivity index is 0.00000210. The first kappa shape index (κ1) is 20.6. The Morgan fingerprint density at radius 3 is 3.04 bits per heavy atom. The third-order valence-electron chi connectivity index (χ3n) is 5.33. The van der Waals surface area contributed by atoms with Crippen molar-refractivity contribution in [2.45, 2.75) is 37.8 Å². The van der Waals surface area contributed by atoms with Crippen LogP contribution in [0.3, 0.4) is 0 Å². The zero-order chi connectivity index (χ0) is 17.8. The predicted octanol–water partition coefficient (Wildman–Crippen LogP) is 3.10. The summed E-state index contributed by atoms with van der Waals surface area (Å²) in [7, 11) is 0. The maximum Gasteiger partial charge on any atom is 0.228 e. The molecule has 0 spiro atoms. The van der Waals surface area contributed by atoms with Gasteiger partial charge in [0.1, 0.15) is 0 Å². The first-order valence-corrected chi connectivity index (χ1v) is 9.80. The maximum absolute atomic E-state index is 6.03. The van der Waals surface area contributed by atoms with Crippen molar-refractivity contribution >= 4 is 24.0 Å². The number of aromatic nitrogens is 2. The van der Waals surface area contributed by atoms with E-state index in [4.69, 9.17) is 20.9 Å². The van der Waals surface area contributed by atoms with Gasteiger partial charge in [-0.15, -0.1) is 12.4 Å². The molecule has 8 heteroatoms. The summed E-state index contributed by atoms with van der Waals surface area (Å²) in [6, 6.07) is 8.50. The van der Waals surface area contributed by atoms with Crippen molar-refractivity contribution in [2.75, 3.05) is 26.3 Å². The summed E-state index contributed by atoms with van der Waals surface area (Å²) in [5, 5.41) is 12.0. The van der Waals surface area contributed by atoms with E-state index in [1.165, 1.54) is 19.3 Å². The molecular weight excluding hydrogens is 387 g/mol. The highest BCUT2D eigenvalue weighted by atomic mass is 35.5. The SMILES string of the molecule is Cl.Clc1cccc(-c2noc(CCNC3CCCC3C3COCCN3)n2)c1. The van der Waals surface area contributed by atoms with Crippen molar-refractivity contribution in [1.29, 1.82) is 0 Å². The number of halogens is 2. The van der Waals surface area contributed by atoms with Gasteiger partial charge < -0.3 is 19.9 Å². The number of benzene rings is 1. The molecule has 27 heavy (non-hydrogen) atoms. The summed E-state index contributed by atoms with van der Waals surface area (Å²) in [5.74, 6) is 1.88. The minimum Gasteiger partial charge on any atom is -0.379 e. The standard InChI is InChI=1S/C19H25ClN4O2.ClH/c20-14-4-1-3-13(11-14)19-23-18(26-24-19)7-8-21-16-6-2-5-15(16)17-12-25-10-9-22-17;/h1,3-4,11,15-17,21-22H,2,5-10,12H2;1H. The van der Waals surface area contributed by atoms with Crippen LogP contribution in [-0.4, -0.2) is 48.5 Å². The molecule has 1 aliphatic carbocycles. The first-order valence-electron chi connectivity index (χ1n) is 9.42. The molecule has 1 saturated carbocycles. The third kappa shape index (κ3) is 5.21. The van der Waals surface area contributed by atoms with E-state index in [2.05, 4.69) is 20.8 Å². The fourth-order valence-corrected chi connectivity index (χ4v) is 4.24. The molecule has 2 aromatic rings. The van der Waals surface area contributed by atoms with Gasteiger partial charge in [0.2, 0.25) is 11.7 Å².